The van der Waals surface area contributed by atoms with Gasteiger partial charge in [0.2, 0.25) is 5.82 Å². The van der Waals surface area contributed by atoms with E-state index in [9.17, 15) is 50.9 Å². The van der Waals surface area contributed by atoms with Crippen molar-refractivity contribution in [2.24, 2.45) is 5.73 Å². The van der Waals surface area contributed by atoms with E-state index in [0.29, 0.717) is 6.07 Å². The van der Waals surface area contributed by atoms with Gasteiger partial charge in [0.15, 0.2) is 35.8 Å². The summed E-state index contributed by atoms with van der Waals surface area (Å²) in [5.74, 6) is -11.0. The number of hydrogen-bond donors (Lipinski definition) is 4. The highest BCUT2D eigenvalue weighted by Crippen LogP contribution is 2.48. The van der Waals surface area contributed by atoms with Gasteiger partial charge in [-0.1, -0.05) is 0 Å². The van der Waals surface area contributed by atoms with Crippen LogP contribution in [0.2, 0.25) is 0 Å². The number of rotatable bonds is 9. The van der Waals surface area contributed by atoms with E-state index in [4.69, 9.17) is 15.6 Å². The van der Waals surface area contributed by atoms with E-state index in [0.717, 1.165) is 9.47 Å². The molecule has 18 heteroatoms. The number of amides is 1. The largest absolute Gasteiger partial charge is 0.479 e. The van der Waals surface area contributed by atoms with Crippen LogP contribution in [0.15, 0.2) is 12.1 Å². The van der Waals surface area contributed by atoms with Crippen LogP contribution in [0, 0.1) is 17.5 Å². The highest BCUT2D eigenvalue weighted by Gasteiger charge is 2.53. The predicted octanol–water partition coefficient (Wildman–Crippen LogP) is 0.396. The van der Waals surface area contributed by atoms with E-state index in [2.05, 4.69) is 10.2 Å². The topological polar surface area (TPSA) is 181 Å². The number of nitrogens with zero attached hydrogens (tertiary/aromatic N) is 4. The molecule has 2 aliphatic heterocycles. The Morgan fingerprint density at radius 2 is 1.69 bits per heavy atom. The zero-order chi connectivity index (χ0) is 29.0. The molecule has 1 amide bonds. The first-order valence-electron chi connectivity index (χ1n) is 11.1. The van der Waals surface area contributed by atoms with Gasteiger partial charge in [-0.3, -0.25) is 4.79 Å². The van der Waals surface area contributed by atoms with Gasteiger partial charge >= 0.3 is 18.1 Å². The Morgan fingerprint density at radius 3 is 2.28 bits per heavy atom. The Morgan fingerprint density at radius 1 is 1.05 bits per heavy atom. The highest BCUT2D eigenvalue weighted by molar-refractivity contribution is 5.86. The number of alkyl halides is 3. The van der Waals surface area contributed by atoms with Crippen LogP contribution in [0.5, 0.6) is 0 Å². The highest BCUT2D eigenvalue weighted by atomic mass is 19.4. The van der Waals surface area contributed by atoms with Crippen LogP contribution < -0.4 is 5.73 Å². The van der Waals surface area contributed by atoms with Crippen LogP contribution in [0.3, 0.4) is 0 Å². The molecule has 212 valence electrons. The molecule has 1 saturated heterocycles. The van der Waals surface area contributed by atoms with Crippen LogP contribution in [0.4, 0.5) is 26.3 Å². The minimum absolute atomic E-state index is 0.0282. The molecule has 4 rings (SSSR count). The summed E-state index contributed by atoms with van der Waals surface area (Å²) in [4.78, 5) is 37.3. The predicted molar refractivity (Wildman–Crippen MR) is 111 cm³/mol. The number of nitrogens with two attached hydrogens (primary N) is 1. The number of hydrogen-bond acceptors (Lipinski definition) is 8. The fourth-order valence-corrected chi connectivity index (χ4v) is 4.72. The van der Waals surface area contributed by atoms with Crippen molar-refractivity contribution in [2.45, 2.75) is 55.5 Å². The van der Waals surface area contributed by atoms with Gasteiger partial charge in [0.1, 0.15) is 5.82 Å². The summed E-state index contributed by atoms with van der Waals surface area (Å²) in [6, 6.07) is -3.11. The van der Waals surface area contributed by atoms with Crippen LogP contribution >= 0.6 is 0 Å². The molecule has 1 fully saturated rings. The summed E-state index contributed by atoms with van der Waals surface area (Å²) < 4.78 is 87.1. The monoisotopic (exact) mass is 567 g/mol. The van der Waals surface area contributed by atoms with E-state index in [1.54, 1.807) is 0 Å². The van der Waals surface area contributed by atoms with E-state index < -0.39 is 95.7 Å². The van der Waals surface area contributed by atoms with Gasteiger partial charge < -0.3 is 35.3 Å². The van der Waals surface area contributed by atoms with E-state index in [-0.39, 0.29) is 24.9 Å². The van der Waals surface area contributed by atoms with Crippen molar-refractivity contribution in [3.8, 4) is 0 Å². The third-order valence-electron chi connectivity index (χ3n) is 6.45. The van der Waals surface area contributed by atoms with Crippen LogP contribution in [0.1, 0.15) is 35.7 Å². The number of aliphatic carboxylic acids is 2. The van der Waals surface area contributed by atoms with Crippen LogP contribution in [0.25, 0.3) is 0 Å². The molecule has 1 aromatic carbocycles. The number of fused-ring (bicyclic) bond motifs is 5. The number of likely N-dealkylation sites (tertiary alicyclic amines) is 1. The average molecular weight is 567 g/mol. The molecule has 6 atom stereocenters. The van der Waals surface area contributed by atoms with Crippen molar-refractivity contribution in [1.82, 2.24) is 19.7 Å². The van der Waals surface area contributed by atoms with E-state index >= 15 is 0 Å². The molecule has 3 heterocycles. The van der Waals surface area contributed by atoms with Crippen LogP contribution in [-0.4, -0.2) is 83.7 Å². The van der Waals surface area contributed by atoms with Gasteiger partial charge in [-0.25, -0.2) is 22.8 Å². The molecular weight excluding hydrogens is 548 g/mol. The maximum absolute atomic E-state index is 14.2. The summed E-state index contributed by atoms with van der Waals surface area (Å²) >= 11 is 0. The molecule has 1 aromatic heterocycles. The molecule has 0 spiro atoms. The molecule has 1 unspecified atom stereocenters. The lowest BCUT2D eigenvalue weighted by molar-refractivity contribution is -0.182. The molecule has 0 aliphatic carbocycles. The maximum atomic E-state index is 14.2. The Balaban J connectivity index is 1.66. The summed E-state index contributed by atoms with van der Waals surface area (Å²) in [6.45, 7) is -0.358. The summed E-state index contributed by atoms with van der Waals surface area (Å²) in [7, 11) is 0. The Labute approximate surface area is 213 Å². The van der Waals surface area contributed by atoms with Crippen LogP contribution in [-0.2, 0) is 31.7 Å². The first-order valence-corrected chi connectivity index (χ1v) is 11.1. The van der Waals surface area contributed by atoms with Gasteiger partial charge in [0, 0.05) is 18.7 Å². The zero-order valence-electron chi connectivity index (χ0n) is 19.3. The van der Waals surface area contributed by atoms with Crippen molar-refractivity contribution >= 4 is 17.8 Å². The van der Waals surface area contributed by atoms with Crippen molar-refractivity contribution < 1.29 is 60.8 Å². The lowest BCUT2D eigenvalue weighted by atomic mass is 9.99. The fraction of sp³-hybridized carbons (Fsp3) is 0.476. The smallest absolute Gasteiger partial charge is 0.451 e. The number of halogens is 6. The van der Waals surface area contributed by atoms with E-state index in [1.807, 2.05) is 0 Å². The van der Waals surface area contributed by atoms with E-state index in [1.165, 1.54) is 0 Å². The third kappa shape index (κ3) is 5.13. The number of ether oxygens (including phenoxy) is 1. The molecule has 5 N–H and O–H groups in total. The third-order valence-corrected chi connectivity index (χ3v) is 6.45. The lowest BCUT2D eigenvalue weighted by Gasteiger charge is -2.34. The number of carbonyl (C=O) groups excluding carboxylic acids is 1. The number of aromatic nitrogens is 3. The van der Waals surface area contributed by atoms with Gasteiger partial charge in [-0.15, -0.1) is 10.2 Å². The van der Waals surface area contributed by atoms with Gasteiger partial charge in [0.05, 0.1) is 12.1 Å². The number of benzene rings is 1. The Hall–Kier alpha value is -3.77. The SMILES string of the molecule is N[C@H](Cc1cc(F)c(F)cc1F)C(O[C@H](C(=O)O)[C@H](O)C(=O)O)C(=O)N1C[C@@H]2C[C@H]1c1nnc(C(F)(F)F)n12. The molecular formula is C21H19F6N5O7. The normalized spacial score (nSPS) is 21.4. The zero-order valence-corrected chi connectivity index (χ0v) is 19.3. The minimum atomic E-state index is -4.84. The van der Waals surface area contributed by atoms with Gasteiger partial charge in [0.25, 0.3) is 5.91 Å². The molecule has 2 aromatic rings. The second kappa shape index (κ2) is 10.1. The summed E-state index contributed by atoms with van der Waals surface area (Å²) in [6.07, 6.45) is -13.0. The number of aliphatic hydroxyl groups excluding tert-OH is 1. The Bertz CT molecular complexity index is 1320. The maximum Gasteiger partial charge on any atom is 0.451 e. The lowest BCUT2D eigenvalue weighted by Crippen LogP contribution is -2.55. The van der Waals surface area contributed by atoms with Crippen molar-refractivity contribution in [3.05, 3.63) is 46.8 Å². The first-order chi connectivity index (χ1) is 18.1. The van der Waals surface area contributed by atoms with Crippen molar-refractivity contribution in [2.75, 3.05) is 6.54 Å². The molecule has 0 saturated carbocycles. The standard InChI is InChI=1S/C21H19F6N5O7/c22-8-4-10(24)9(23)1-6(8)2-11(28)14(39-15(19(37)38)13(33)18(35)36)17(34)31-5-7-3-12(31)16-29-30-20(32(7)16)21(25,26)27/h1,4,7,11-15,33H,2-3,5,28H2,(H,35,36)(H,37,38)/t7-,11+,12-,13-,14?,15-/m0/s1. The minimum Gasteiger partial charge on any atom is -0.479 e. The quantitative estimate of drug-likeness (QED) is 0.245. The first kappa shape index (κ1) is 28.2. The Kier molecular flexibility index (Phi) is 7.30. The molecule has 39 heavy (non-hydrogen) atoms. The molecule has 12 nitrogen and oxygen atoms in total. The number of carboxylic acid groups (broad SMARTS) is 2. The summed E-state index contributed by atoms with van der Waals surface area (Å²) in [5.41, 5.74) is 5.44. The number of carboxylic acids is 2. The average Bonchev–Trinajstić information content (AvgIpc) is 3.54. The number of carbonyl (C=O) groups is 3. The van der Waals surface area contributed by atoms with Crippen molar-refractivity contribution in [1.29, 1.82) is 0 Å². The molecule has 0 radical (unpaired) electrons. The second-order valence-electron chi connectivity index (χ2n) is 8.97. The summed E-state index contributed by atoms with van der Waals surface area (Å²) in [5, 5.41) is 34.9. The molecule has 2 aliphatic rings. The van der Waals surface area contributed by atoms with Gasteiger partial charge in [-0.05, 0) is 24.5 Å². The van der Waals surface area contributed by atoms with Crippen molar-refractivity contribution in [3.63, 3.8) is 0 Å². The van der Waals surface area contributed by atoms with Gasteiger partial charge in [-0.2, -0.15) is 13.2 Å². The number of aliphatic hydroxyl groups is 1. The fourth-order valence-electron chi connectivity index (χ4n) is 4.72. The molecule has 2 bridgehead atoms. The second-order valence-corrected chi connectivity index (χ2v) is 8.97.